The number of para-hydroxylation sites is 5. The van der Waals surface area contributed by atoms with Crippen LogP contribution >= 0.6 is 0 Å². The minimum Gasteiger partial charge on any atom is -0.306 e. The van der Waals surface area contributed by atoms with E-state index in [1.54, 1.807) is 5.57 Å². The van der Waals surface area contributed by atoms with Crippen molar-refractivity contribution in [2.24, 2.45) is 5.92 Å². The molecule has 1 aliphatic heterocycles. The van der Waals surface area contributed by atoms with Crippen LogP contribution in [0.1, 0.15) is 49.4 Å². The smallest absolute Gasteiger partial charge is 0.0703 e. The lowest BCUT2D eigenvalue weighted by atomic mass is 9.76. The van der Waals surface area contributed by atoms with E-state index < -0.39 is 0 Å². The molecule has 0 bridgehead atoms. The Morgan fingerprint density at radius 1 is 0.500 bits per heavy atom. The summed E-state index contributed by atoms with van der Waals surface area (Å²) in [5, 5.41) is 7.62. The third kappa shape index (κ3) is 4.95. The normalized spacial score (nSPS) is 16.8. The Morgan fingerprint density at radius 3 is 1.68 bits per heavy atom. The van der Waals surface area contributed by atoms with Crippen LogP contribution in [0.4, 0.5) is 34.1 Å². The van der Waals surface area contributed by atoms with Crippen molar-refractivity contribution in [3.05, 3.63) is 198 Å². The Morgan fingerprint density at radius 2 is 1.02 bits per heavy atom. The summed E-state index contributed by atoms with van der Waals surface area (Å²) in [4.78, 5) is 4.81. The van der Waals surface area contributed by atoms with Crippen LogP contribution in [0.3, 0.4) is 0 Å². The van der Waals surface area contributed by atoms with Gasteiger partial charge in [-0.05, 0) is 127 Å². The summed E-state index contributed by atoms with van der Waals surface area (Å²) in [6.45, 7) is 7.13. The van der Waals surface area contributed by atoms with Gasteiger partial charge in [0, 0.05) is 16.8 Å². The van der Waals surface area contributed by atoms with Gasteiger partial charge in [-0.2, -0.15) is 0 Å². The van der Waals surface area contributed by atoms with E-state index in [1.165, 1.54) is 60.1 Å². The Balaban J connectivity index is 1.000. The van der Waals surface area contributed by atoms with Gasteiger partial charge in [-0.15, -0.1) is 0 Å². The fourth-order valence-electron chi connectivity index (χ4n) is 9.76. The Hall–Kier alpha value is -6.64. The first-order valence-corrected chi connectivity index (χ1v) is 19.9. The molecule has 0 spiro atoms. The lowest BCUT2D eigenvalue weighted by molar-refractivity contribution is 0.566. The topological polar surface area (TPSA) is 6.48 Å². The Bertz CT molecular complexity index is 2930. The van der Waals surface area contributed by atoms with Gasteiger partial charge in [0.05, 0.1) is 22.7 Å². The molecule has 0 saturated carbocycles. The maximum atomic E-state index is 2.43. The highest BCUT2D eigenvalue weighted by Gasteiger charge is 2.38. The van der Waals surface area contributed by atoms with E-state index in [4.69, 9.17) is 0 Å². The van der Waals surface area contributed by atoms with Gasteiger partial charge in [0.1, 0.15) is 0 Å². The minimum atomic E-state index is 0.0552. The van der Waals surface area contributed by atoms with Crippen molar-refractivity contribution >= 4 is 84.2 Å². The second-order valence-corrected chi connectivity index (χ2v) is 16.3. The molecular weight excluding hydrogens is 677 g/mol. The highest BCUT2D eigenvalue weighted by molar-refractivity contribution is 6.26. The lowest BCUT2D eigenvalue weighted by Gasteiger charge is -2.40. The average Bonchev–Trinajstić information content (AvgIpc) is 3.46. The molecule has 1 heterocycles. The Labute approximate surface area is 329 Å². The first kappa shape index (κ1) is 32.8. The summed E-state index contributed by atoms with van der Waals surface area (Å²) in [5.74, 6) is 0.598. The quantitative estimate of drug-likeness (QED) is 0.132. The van der Waals surface area contributed by atoms with Crippen molar-refractivity contribution in [3.63, 3.8) is 0 Å². The monoisotopic (exact) mass is 718 g/mol. The number of benzene rings is 8. The molecule has 0 amide bonds. The summed E-state index contributed by atoms with van der Waals surface area (Å²) >= 11 is 0. The lowest BCUT2D eigenvalue weighted by Crippen LogP contribution is -2.23. The van der Waals surface area contributed by atoms with Crippen LogP contribution < -0.4 is 9.80 Å². The predicted molar refractivity (Wildman–Crippen MR) is 240 cm³/mol. The van der Waals surface area contributed by atoms with Crippen molar-refractivity contribution in [2.45, 2.75) is 32.6 Å². The van der Waals surface area contributed by atoms with Crippen LogP contribution in [0.25, 0.3) is 50.0 Å². The molecule has 1 atom stereocenters. The molecule has 56 heavy (non-hydrogen) atoms. The van der Waals surface area contributed by atoms with Crippen LogP contribution in [-0.2, 0) is 5.41 Å². The molecule has 2 nitrogen and oxygen atoms in total. The highest BCUT2D eigenvalue weighted by Crippen LogP contribution is 2.55. The summed E-state index contributed by atoms with van der Waals surface area (Å²) in [6.07, 6.45) is 10.4. The van der Waals surface area contributed by atoms with Crippen molar-refractivity contribution in [1.29, 1.82) is 0 Å². The second-order valence-electron chi connectivity index (χ2n) is 16.3. The van der Waals surface area contributed by atoms with E-state index in [9.17, 15) is 0 Å². The highest BCUT2D eigenvalue weighted by atomic mass is 15.3. The number of rotatable bonds is 4. The first-order chi connectivity index (χ1) is 27.4. The molecule has 8 aromatic rings. The van der Waals surface area contributed by atoms with E-state index >= 15 is 0 Å². The summed E-state index contributed by atoms with van der Waals surface area (Å²) in [5.41, 5.74) is 15.3. The molecule has 8 aromatic carbocycles. The SMILES string of the molecule is CC1C=CC2=C(C1)C(C)(C)c1cc(/C=C/c3ccc4c5ccc(N6c7ccccc7N(c7ccccc7)c7ccccc76)cc5c5ccccc5c4c3)ccc12. The van der Waals surface area contributed by atoms with Crippen LogP contribution in [-0.4, -0.2) is 0 Å². The number of allylic oxidation sites excluding steroid dienone is 4. The van der Waals surface area contributed by atoms with Gasteiger partial charge in [0.15, 0.2) is 0 Å². The third-order valence-corrected chi connectivity index (χ3v) is 12.5. The largest absolute Gasteiger partial charge is 0.306 e. The zero-order valence-corrected chi connectivity index (χ0v) is 32.0. The molecule has 0 N–H and O–H groups in total. The molecule has 1 unspecified atom stereocenters. The van der Waals surface area contributed by atoms with Crippen LogP contribution in [0.5, 0.6) is 0 Å². The molecule has 3 aliphatic rings. The van der Waals surface area contributed by atoms with Crippen molar-refractivity contribution in [2.75, 3.05) is 9.80 Å². The minimum absolute atomic E-state index is 0.0552. The third-order valence-electron chi connectivity index (χ3n) is 12.5. The fraction of sp³-hybridized carbons (Fsp3) is 0.111. The van der Waals surface area contributed by atoms with Gasteiger partial charge in [-0.25, -0.2) is 0 Å². The summed E-state index contributed by atoms with van der Waals surface area (Å²) in [7, 11) is 0. The number of nitrogens with zero attached hydrogens (tertiary/aromatic N) is 2. The molecule has 0 fully saturated rings. The molecule has 0 saturated heterocycles. The standard InChI is InChI=1S/C54H42N2/c1-35-21-27-44-45-29-25-37(33-49(45)54(2,3)48(44)31-35)23-22-36-24-28-42-43-30-26-39(34-47(43)41-16-8-7-15-40(41)46(42)32-36)56-52-19-11-9-17-50(52)55(38-13-5-4-6-14-38)51-18-10-12-20-53(51)56/h4-30,32-35H,31H2,1-3H3/b23-22+. The number of fused-ring (bicyclic) bond motifs is 10. The number of hydrogen-bond acceptors (Lipinski definition) is 2. The second kappa shape index (κ2) is 12.4. The van der Waals surface area contributed by atoms with Crippen molar-refractivity contribution in [3.8, 4) is 0 Å². The Kier molecular flexibility index (Phi) is 7.28. The zero-order chi connectivity index (χ0) is 37.5. The van der Waals surface area contributed by atoms with Crippen molar-refractivity contribution in [1.82, 2.24) is 0 Å². The van der Waals surface area contributed by atoms with E-state index in [1.807, 2.05) is 0 Å². The van der Waals surface area contributed by atoms with Gasteiger partial charge in [0.25, 0.3) is 0 Å². The maximum Gasteiger partial charge on any atom is 0.0703 e. The van der Waals surface area contributed by atoms with E-state index in [-0.39, 0.29) is 5.41 Å². The molecule has 0 radical (unpaired) electrons. The number of anilines is 6. The molecular formula is C54H42N2. The zero-order valence-electron chi connectivity index (χ0n) is 32.0. The van der Waals surface area contributed by atoms with Crippen LogP contribution in [0.2, 0.25) is 0 Å². The first-order valence-electron chi connectivity index (χ1n) is 19.9. The van der Waals surface area contributed by atoms with Gasteiger partial charge >= 0.3 is 0 Å². The van der Waals surface area contributed by atoms with Gasteiger partial charge in [0.2, 0.25) is 0 Å². The molecule has 2 heteroatoms. The summed E-state index contributed by atoms with van der Waals surface area (Å²) < 4.78 is 0. The van der Waals surface area contributed by atoms with Crippen LogP contribution in [0.15, 0.2) is 175 Å². The molecule has 268 valence electrons. The average molecular weight is 719 g/mol. The predicted octanol–water partition coefficient (Wildman–Crippen LogP) is 15.2. The summed E-state index contributed by atoms with van der Waals surface area (Å²) in [6, 6.07) is 58.2. The van der Waals surface area contributed by atoms with E-state index in [2.05, 4.69) is 213 Å². The van der Waals surface area contributed by atoms with E-state index in [0.29, 0.717) is 5.92 Å². The fourth-order valence-corrected chi connectivity index (χ4v) is 9.76. The van der Waals surface area contributed by atoms with Crippen LogP contribution in [0, 0.1) is 5.92 Å². The van der Waals surface area contributed by atoms with E-state index in [0.717, 1.165) is 40.5 Å². The molecule has 0 aromatic heterocycles. The maximum absolute atomic E-state index is 2.43. The van der Waals surface area contributed by atoms with Gasteiger partial charge < -0.3 is 9.80 Å². The number of hydrogen-bond donors (Lipinski definition) is 0. The molecule has 11 rings (SSSR count). The molecule has 2 aliphatic carbocycles. The van der Waals surface area contributed by atoms with Crippen molar-refractivity contribution < 1.29 is 0 Å². The van der Waals surface area contributed by atoms with Gasteiger partial charge in [-0.1, -0.05) is 154 Å². The van der Waals surface area contributed by atoms with Gasteiger partial charge in [-0.3, -0.25) is 0 Å².